The number of carbonyl (C=O) groups is 1. The first kappa shape index (κ1) is 20.2. The Balaban J connectivity index is 1.23. The number of hydrogen-bond donors (Lipinski definition) is 1. The molecular formula is C21H18ClN5O2S. The number of benzene rings is 2. The molecule has 152 valence electrons. The molecule has 0 bridgehead atoms. The highest BCUT2D eigenvalue weighted by Gasteiger charge is 2.11. The number of thioether (sulfide) groups is 1. The molecule has 30 heavy (non-hydrogen) atoms. The summed E-state index contributed by atoms with van der Waals surface area (Å²) >= 11 is 7.08. The van der Waals surface area contributed by atoms with Crippen LogP contribution in [0.2, 0.25) is 5.02 Å². The van der Waals surface area contributed by atoms with E-state index in [1.807, 2.05) is 41.2 Å². The summed E-state index contributed by atoms with van der Waals surface area (Å²) in [6.45, 7) is 1.18. The molecule has 1 amide bonds. The topological polar surface area (TPSA) is 85.8 Å². The average Bonchev–Trinajstić information content (AvgIpc) is 3.44. The van der Waals surface area contributed by atoms with Crippen molar-refractivity contribution in [2.75, 3.05) is 5.75 Å². The molecule has 0 aliphatic heterocycles. The minimum Gasteiger partial charge on any atom is -0.411 e. The van der Waals surface area contributed by atoms with Crippen LogP contribution in [-0.2, 0) is 17.9 Å². The Labute approximate surface area is 182 Å². The zero-order chi connectivity index (χ0) is 20.8. The summed E-state index contributed by atoms with van der Waals surface area (Å²) in [5, 5.41) is 16.1. The first-order valence-corrected chi connectivity index (χ1v) is 10.6. The van der Waals surface area contributed by atoms with Crippen LogP contribution in [0.5, 0.6) is 0 Å². The van der Waals surface area contributed by atoms with Gasteiger partial charge in [-0.25, -0.2) is 0 Å². The van der Waals surface area contributed by atoms with E-state index in [0.29, 0.717) is 22.7 Å². The molecule has 7 nitrogen and oxygen atoms in total. The number of rotatable bonds is 8. The maximum absolute atomic E-state index is 12.1. The Morgan fingerprint density at radius 2 is 1.83 bits per heavy atom. The van der Waals surface area contributed by atoms with Gasteiger partial charge in [-0.3, -0.25) is 9.48 Å². The lowest BCUT2D eigenvalue weighted by Crippen LogP contribution is -2.24. The van der Waals surface area contributed by atoms with Gasteiger partial charge in [0.05, 0.1) is 12.3 Å². The van der Waals surface area contributed by atoms with E-state index in [1.54, 1.807) is 30.5 Å². The molecule has 4 aromatic rings. The Kier molecular flexibility index (Phi) is 6.46. The van der Waals surface area contributed by atoms with Gasteiger partial charge in [0.2, 0.25) is 11.8 Å². The number of nitrogens with zero attached hydrogens (tertiary/aromatic N) is 4. The van der Waals surface area contributed by atoms with Gasteiger partial charge in [-0.2, -0.15) is 5.10 Å². The zero-order valence-electron chi connectivity index (χ0n) is 15.9. The van der Waals surface area contributed by atoms with Crippen LogP contribution in [-0.4, -0.2) is 31.6 Å². The number of amides is 1. The normalized spacial score (nSPS) is 10.8. The van der Waals surface area contributed by atoms with Crippen LogP contribution in [0.3, 0.4) is 0 Å². The number of aromatic nitrogens is 4. The summed E-state index contributed by atoms with van der Waals surface area (Å²) in [4.78, 5) is 12.1. The molecular weight excluding hydrogens is 422 g/mol. The van der Waals surface area contributed by atoms with E-state index in [4.69, 9.17) is 16.0 Å². The number of halogens is 1. The monoisotopic (exact) mass is 439 g/mol. The number of carbonyl (C=O) groups excluding carboxylic acids is 1. The molecule has 1 N–H and O–H groups in total. The summed E-state index contributed by atoms with van der Waals surface area (Å²) in [5.41, 5.74) is 2.96. The van der Waals surface area contributed by atoms with E-state index < -0.39 is 0 Å². The third-order valence-corrected chi connectivity index (χ3v) is 5.31. The molecule has 0 fully saturated rings. The number of nitrogens with one attached hydrogen (secondary N) is 1. The molecule has 0 unspecified atom stereocenters. The molecule has 0 saturated heterocycles. The summed E-state index contributed by atoms with van der Waals surface area (Å²) in [6.07, 6.45) is 3.68. The van der Waals surface area contributed by atoms with Crippen LogP contribution in [0.1, 0.15) is 11.1 Å². The molecule has 0 saturated carbocycles. The van der Waals surface area contributed by atoms with Crippen LogP contribution in [0, 0.1) is 0 Å². The van der Waals surface area contributed by atoms with E-state index in [2.05, 4.69) is 20.6 Å². The number of hydrogen-bond acceptors (Lipinski definition) is 6. The lowest BCUT2D eigenvalue weighted by atomic mass is 10.1. The fourth-order valence-corrected chi connectivity index (χ4v) is 3.42. The zero-order valence-corrected chi connectivity index (χ0v) is 17.4. The maximum atomic E-state index is 12.1. The predicted octanol–water partition coefficient (Wildman–Crippen LogP) is 4.04. The van der Waals surface area contributed by atoms with Gasteiger partial charge >= 0.3 is 0 Å². The van der Waals surface area contributed by atoms with Crippen LogP contribution < -0.4 is 5.32 Å². The first-order valence-electron chi connectivity index (χ1n) is 9.20. The molecule has 2 aromatic carbocycles. The Bertz CT molecular complexity index is 1100. The smallest absolute Gasteiger partial charge is 0.277 e. The van der Waals surface area contributed by atoms with Crippen molar-refractivity contribution in [2.24, 2.45) is 0 Å². The van der Waals surface area contributed by atoms with Crippen molar-refractivity contribution in [3.8, 4) is 11.5 Å². The van der Waals surface area contributed by atoms with Crippen LogP contribution in [0.25, 0.3) is 11.5 Å². The van der Waals surface area contributed by atoms with Gasteiger partial charge in [0, 0.05) is 29.5 Å². The van der Waals surface area contributed by atoms with Crippen LogP contribution in [0.4, 0.5) is 0 Å². The van der Waals surface area contributed by atoms with E-state index >= 15 is 0 Å². The molecule has 2 heterocycles. The molecule has 9 heteroatoms. The average molecular weight is 440 g/mol. The second-order valence-electron chi connectivity index (χ2n) is 6.47. The van der Waals surface area contributed by atoms with Crippen molar-refractivity contribution in [2.45, 2.75) is 18.3 Å². The van der Waals surface area contributed by atoms with Crippen molar-refractivity contribution >= 4 is 29.3 Å². The van der Waals surface area contributed by atoms with Gasteiger partial charge in [0.25, 0.3) is 5.22 Å². The summed E-state index contributed by atoms with van der Waals surface area (Å²) < 4.78 is 7.45. The molecule has 0 radical (unpaired) electrons. The largest absolute Gasteiger partial charge is 0.411 e. The van der Waals surface area contributed by atoms with Crippen molar-refractivity contribution in [1.29, 1.82) is 0 Å². The molecule has 0 aliphatic rings. The molecule has 0 atom stereocenters. The molecule has 4 rings (SSSR count). The minimum atomic E-state index is -0.105. The van der Waals surface area contributed by atoms with E-state index in [1.165, 1.54) is 11.8 Å². The molecule has 2 aromatic heterocycles. The van der Waals surface area contributed by atoms with Crippen LogP contribution >= 0.6 is 23.4 Å². The van der Waals surface area contributed by atoms with Crippen molar-refractivity contribution < 1.29 is 9.21 Å². The molecule has 0 aliphatic carbocycles. The standard InChI is InChI=1S/C21H18ClN5O2S/c22-18-8-6-17(7-9-18)20-25-26-21(29-20)30-14-19(28)23-12-15-2-4-16(5-3-15)13-27-11-1-10-24-27/h1-11H,12-14H2,(H,23,28). The Morgan fingerprint density at radius 3 is 2.57 bits per heavy atom. The Morgan fingerprint density at radius 1 is 1.07 bits per heavy atom. The SMILES string of the molecule is O=C(CSc1nnc(-c2ccc(Cl)cc2)o1)NCc1ccc(Cn2cccn2)cc1. The van der Waals surface area contributed by atoms with Crippen molar-refractivity contribution in [1.82, 2.24) is 25.3 Å². The highest BCUT2D eigenvalue weighted by atomic mass is 35.5. The van der Waals surface area contributed by atoms with Gasteiger partial charge in [-0.05, 0) is 41.5 Å². The van der Waals surface area contributed by atoms with Gasteiger partial charge in [-0.1, -0.05) is 47.6 Å². The highest BCUT2D eigenvalue weighted by molar-refractivity contribution is 7.99. The summed E-state index contributed by atoms with van der Waals surface area (Å²) in [5.74, 6) is 0.483. The Hall–Kier alpha value is -3.10. The fraction of sp³-hybridized carbons (Fsp3) is 0.143. The maximum Gasteiger partial charge on any atom is 0.277 e. The van der Waals surface area contributed by atoms with Gasteiger partial charge < -0.3 is 9.73 Å². The van der Waals surface area contributed by atoms with E-state index in [-0.39, 0.29) is 11.7 Å². The van der Waals surface area contributed by atoms with Crippen molar-refractivity contribution in [3.05, 3.63) is 83.1 Å². The highest BCUT2D eigenvalue weighted by Crippen LogP contribution is 2.24. The van der Waals surface area contributed by atoms with Gasteiger partial charge in [-0.15, -0.1) is 10.2 Å². The summed E-state index contributed by atoms with van der Waals surface area (Å²) in [7, 11) is 0. The molecule has 0 spiro atoms. The third kappa shape index (κ3) is 5.49. The fourth-order valence-electron chi connectivity index (χ4n) is 2.70. The summed E-state index contributed by atoms with van der Waals surface area (Å²) in [6, 6.07) is 17.1. The van der Waals surface area contributed by atoms with Gasteiger partial charge in [0.1, 0.15) is 0 Å². The van der Waals surface area contributed by atoms with E-state index in [0.717, 1.165) is 23.2 Å². The van der Waals surface area contributed by atoms with Crippen LogP contribution in [0.15, 0.2) is 76.6 Å². The predicted molar refractivity (Wildman–Crippen MR) is 115 cm³/mol. The van der Waals surface area contributed by atoms with Crippen molar-refractivity contribution in [3.63, 3.8) is 0 Å². The second-order valence-corrected chi connectivity index (χ2v) is 7.83. The second kappa shape index (κ2) is 9.60. The van der Waals surface area contributed by atoms with E-state index in [9.17, 15) is 4.79 Å². The quantitative estimate of drug-likeness (QED) is 0.417. The lowest BCUT2D eigenvalue weighted by molar-refractivity contribution is -0.118. The third-order valence-electron chi connectivity index (χ3n) is 4.24. The minimum absolute atomic E-state index is 0.105. The first-order chi connectivity index (χ1) is 14.7. The van der Waals surface area contributed by atoms with Gasteiger partial charge in [0.15, 0.2) is 0 Å². The lowest BCUT2D eigenvalue weighted by Gasteiger charge is -2.06.